The van der Waals surface area contributed by atoms with E-state index < -0.39 is 0 Å². The number of hydrogen-bond acceptors (Lipinski definition) is 3. The molecule has 0 spiro atoms. The average Bonchev–Trinajstić information content (AvgIpc) is 3.11. The van der Waals surface area contributed by atoms with Crippen LogP contribution in [0.5, 0.6) is 0 Å². The van der Waals surface area contributed by atoms with E-state index in [9.17, 15) is 4.79 Å². The van der Waals surface area contributed by atoms with Gasteiger partial charge in [-0.3, -0.25) is 4.57 Å². The molecular weight excluding hydrogens is 328 g/mol. The van der Waals surface area contributed by atoms with Crippen molar-refractivity contribution in [3.63, 3.8) is 0 Å². The lowest BCUT2D eigenvalue weighted by atomic mass is 10.2. The zero-order valence-electron chi connectivity index (χ0n) is 14.2. The van der Waals surface area contributed by atoms with Crippen LogP contribution in [0.1, 0.15) is 28.8 Å². The predicted molar refractivity (Wildman–Crippen MR) is 103 cm³/mol. The molecular formula is C21H20N2OS. The van der Waals surface area contributed by atoms with Gasteiger partial charge in [-0.05, 0) is 43.9 Å². The smallest absolute Gasteiger partial charge is 0.265 e. The first-order valence-corrected chi connectivity index (χ1v) is 9.59. The Morgan fingerprint density at radius 3 is 2.56 bits per heavy atom. The molecule has 0 saturated carbocycles. The fraction of sp³-hybridized carbons (Fsp3) is 0.238. The minimum atomic E-state index is -0.167. The van der Waals surface area contributed by atoms with Crippen LogP contribution in [0.2, 0.25) is 0 Å². The van der Waals surface area contributed by atoms with Gasteiger partial charge < -0.3 is 0 Å². The van der Waals surface area contributed by atoms with Crippen molar-refractivity contribution in [3.8, 4) is 5.69 Å². The molecule has 1 heterocycles. The molecule has 0 bridgehead atoms. The van der Waals surface area contributed by atoms with Crippen LogP contribution in [0, 0.1) is 6.92 Å². The first-order valence-electron chi connectivity index (χ1n) is 8.61. The van der Waals surface area contributed by atoms with Gasteiger partial charge in [0.1, 0.15) is 5.03 Å². The summed E-state index contributed by atoms with van der Waals surface area (Å²) in [5.74, 6) is 0.842. The Kier molecular flexibility index (Phi) is 4.45. The number of hydrogen-bond donors (Lipinski definition) is 0. The van der Waals surface area contributed by atoms with Gasteiger partial charge in [0.05, 0.1) is 5.69 Å². The van der Waals surface area contributed by atoms with E-state index in [0.29, 0.717) is 0 Å². The zero-order chi connectivity index (χ0) is 17.2. The number of benzene rings is 2. The Bertz CT molecular complexity index is 946. The summed E-state index contributed by atoms with van der Waals surface area (Å²) in [7, 11) is 0. The van der Waals surface area contributed by atoms with E-state index in [1.54, 1.807) is 16.3 Å². The highest BCUT2D eigenvalue weighted by Crippen LogP contribution is 2.32. The van der Waals surface area contributed by atoms with Crippen molar-refractivity contribution in [2.45, 2.75) is 37.0 Å². The third-order valence-electron chi connectivity index (χ3n) is 4.62. The predicted octanol–water partition coefficient (Wildman–Crippen LogP) is 4.32. The van der Waals surface area contributed by atoms with Crippen LogP contribution in [-0.2, 0) is 18.6 Å². The quantitative estimate of drug-likeness (QED) is 0.520. The second-order valence-corrected chi connectivity index (χ2v) is 7.39. The number of fused-ring (bicyclic) bond motifs is 1. The van der Waals surface area contributed by atoms with Crippen LogP contribution >= 0.6 is 11.8 Å². The van der Waals surface area contributed by atoms with Gasteiger partial charge in [0.15, 0.2) is 0 Å². The molecule has 0 atom stereocenters. The molecule has 0 saturated heterocycles. The lowest BCUT2D eigenvalue weighted by Gasteiger charge is -2.14. The maximum Gasteiger partial charge on any atom is 0.353 e. The zero-order valence-corrected chi connectivity index (χ0v) is 15.1. The summed E-state index contributed by atoms with van der Waals surface area (Å²) in [6.45, 7) is 2.05. The fourth-order valence-electron chi connectivity index (χ4n) is 3.33. The Morgan fingerprint density at radius 1 is 1.04 bits per heavy atom. The molecule has 0 amide bonds. The third kappa shape index (κ3) is 3.27. The normalized spacial score (nSPS) is 13.0. The van der Waals surface area contributed by atoms with Crippen molar-refractivity contribution >= 4 is 11.8 Å². The lowest BCUT2D eigenvalue weighted by Crippen LogP contribution is -2.25. The molecule has 0 fully saturated rings. The molecule has 4 rings (SSSR count). The first kappa shape index (κ1) is 16.2. The molecule has 1 aliphatic carbocycles. The highest BCUT2D eigenvalue weighted by Gasteiger charge is 2.22. The van der Waals surface area contributed by atoms with Gasteiger partial charge in [0.25, 0.3) is 0 Å². The minimum Gasteiger partial charge on any atom is -0.265 e. The van der Waals surface area contributed by atoms with E-state index in [-0.39, 0.29) is 5.69 Å². The van der Waals surface area contributed by atoms with Crippen LogP contribution < -0.4 is 5.69 Å². The summed E-state index contributed by atoms with van der Waals surface area (Å²) < 4.78 is 1.80. The Morgan fingerprint density at radius 2 is 1.80 bits per heavy atom. The van der Waals surface area contributed by atoms with E-state index in [4.69, 9.17) is 0 Å². The largest absolute Gasteiger partial charge is 0.353 e. The third-order valence-corrected chi connectivity index (χ3v) is 5.70. The SMILES string of the molecule is Cc1ccc(-n2c3c(c(SCc4ccccc4)nc2=O)CCC3)cc1. The second kappa shape index (κ2) is 6.89. The van der Waals surface area contributed by atoms with Crippen molar-refractivity contribution < 1.29 is 0 Å². The van der Waals surface area contributed by atoms with Crippen molar-refractivity contribution in [2.24, 2.45) is 0 Å². The second-order valence-electron chi connectivity index (χ2n) is 6.42. The highest BCUT2D eigenvalue weighted by atomic mass is 32.2. The van der Waals surface area contributed by atoms with Gasteiger partial charge in [0, 0.05) is 17.0 Å². The monoisotopic (exact) mass is 348 g/mol. The Balaban J connectivity index is 1.71. The van der Waals surface area contributed by atoms with Gasteiger partial charge in [0.2, 0.25) is 0 Å². The summed E-state index contributed by atoms with van der Waals surface area (Å²) in [5.41, 5.74) is 5.58. The lowest BCUT2D eigenvalue weighted by molar-refractivity contribution is 0.802. The summed E-state index contributed by atoms with van der Waals surface area (Å²) in [6.07, 6.45) is 3.04. The number of aryl methyl sites for hydroxylation is 1. The van der Waals surface area contributed by atoms with Gasteiger partial charge in [-0.15, -0.1) is 11.8 Å². The molecule has 3 aromatic rings. The van der Waals surface area contributed by atoms with Crippen molar-refractivity contribution in [1.82, 2.24) is 9.55 Å². The molecule has 3 nitrogen and oxygen atoms in total. The average molecular weight is 348 g/mol. The summed E-state index contributed by atoms with van der Waals surface area (Å²) in [6, 6.07) is 18.4. The van der Waals surface area contributed by atoms with Crippen LogP contribution in [0.15, 0.2) is 64.4 Å². The number of aromatic nitrogens is 2. The maximum absolute atomic E-state index is 12.7. The molecule has 1 aliphatic rings. The van der Waals surface area contributed by atoms with Gasteiger partial charge in [-0.1, -0.05) is 48.0 Å². The van der Waals surface area contributed by atoms with Crippen LogP contribution in [0.25, 0.3) is 5.69 Å². The van der Waals surface area contributed by atoms with Gasteiger partial charge in [-0.2, -0.15) is 4.98 Å². The Labute approximate surface area is 151 Å². The summed E-state index contributed by atoms with van der Waals surface area (Å²) >= 11 is 1.67. The van der Waals surface area contributed by atoms with E-state index >= 15 is 0 Å². The molecule has 0 radical (unpaired) electrons. The molecule has 25 heavy (non-hydrogen) atoms. The number of thioether (sulfide) groups is 1. The van der Waals surface area contributed by atoms with E-state index in [1.165, 1.54) is 16.7 Å². The topological polar surface area (TPSA) is 34.9 Å². The molecule has 4 heteroatoms. The van der Waals surface area contributed by atoms with Crippen molar-refractivity contribution in [3.05, 3.63) is 87.5 Å². The summed E-state index contributed by atoms with van der Waals surface area (Å²) in [4.78, 5) is 17.2. The highest BCUT2D eigenvalue weighted by molar-refractivity contribution is 7.98. The fourth-order valence-corrected chi connectivity index (χ4v) is 4.36. The van der Waals surface area contributed by atoms with Crippen molar-refractivity contribution in [2.75, 3.05) is 0 Å². The van der Waals surface area contributed by atoms with Crippen LogP contribution in [0.3, 0.4) is 0 Å². The van der Waals surface area contributed by atoms with Gasteiger partial charge in [-0.25, -0.2) is 4.79 Å². The standard InChI is InChI=1S/C21H20N2OS/c1-15-10-12-17(13-11-15)23-19-9-5-8-18(19)20(22-21(23)24)25-14-16-6-3-2-4-7-16/h2-4,6-7,10-13H,5,8-9,14H2,1H3. The van der Waals surface area contributed by atoms with Crippen LogP contribution in [-0.4, -0.2) is 9.55 Å². The molecule has 126 valence electrons. The van der Waals surface area contributed by atoms with Crippen molar-refractivity contribution in [1.29, 1.82) is 0 Å². The van der Waals surface area contributed by atoms with Gasteiger partial charge >= 0.3 is 5.69 Å². The molecule has 0 unspecified atom stereocenters. The van der Waals surface area contributed by atoms with Crippen LogP contribution in [0.4, 0.5) is 0 Å². The number of rotatable bonds is 4. The first-order chi connectivity index (χ1) is 12.2. The summed E-state index contributed by atoms with van der Waals surface area (Å²) in [5, 5.41) is 0.907. The molecule has 0 aliphatic heterocycles. The van der Waals surface area contributed by atoms with E-state index in [2.05, 4.69) is 24.0 Å². The van der Waals surface area contributed by atoms with E-state index in [0.717, 1.165) is 41.4 Å². The molecule has 1 aromatic heterocycles. The maximum atomic E-state index is 12.7. The molecule has 2 aromatic carbocycles. The molecule has 0 N–H and O–H groups in total. The minimum absolute atomic E-state index is 0.167. The number of nitrogens with zero attached hydrogens (tertiary/aromatic N) is 2. The van der Waals surface area contributed by atoms with E-state index in [1.807, 2.05) is 42.5 Å². The Hall–Kier alpha value is -2.33.